The van der Waals surface area contributed by atoms with Crippen LogP contribution in [0.3, 0.4) is 0 Å². The van der Waals surface area contributed by atoms with Crippen LogP contribution in [0.4, 0.5) is 0 Å². The molecule has 2 aromatic rings. The Bertz CT molecular complexity index is 522. The Hall–Kier alpha value is -2.10. The second-order valence-corrected chi connectivity index (χ2v) is 3.29. The molecule has 0 fully saturated rings. The monoisotopic (exact) mass is 203 g/mol. The maximum absolute atomic E-state index is 10.5. The molecule has 2 N–H and O–H groups in total. The standard InChI is InChI=1S/C11H9NO3/c13-9-5-8-2-1-7(4-11(14)15)3-10(8)12-6-9/h1-3,5-6,13H,4H2,(H,14,15). The number of hydrogen-bond acceptors (Lipinski definition) is 3. The highest BCUT2D eigenvalue weighted by Crippen LogP contribution is 2.18. The zero-order valence-electron chi connectivity index (χ0n) is 7.84. The van der Waals surface area contributed by atoms with E-state index in [9.17, 15) is 9.90 Å². The molecule has 1 aromatic carbocycles. The van der Waals surface area contributed by atoms with Gasteiger partial charge in [0.25, 0.3) is 0 Å². The van der Waals surface area contributed by atoms with Gasteiger partial charge in [0, 0.05) is 5.39 Å². The van der Waals surface area contributed by atoms with Crippen molar-refractivity contribution >= 4 is 16.9 Å². The first-order valence-corrected chi connectivity index (χ1v) is 4.44. The molecular formula is C11H9NO3. The van der Waals surface area contributed by atoms with Crippen LogP contribution in [0.1, 0.15) is 5.56 Å². The number of carbonyl (C=O) groups is 1. The maximum atomic E-state index is 10.5. The summed E-state index contributed by atoms with van der Waals surface area (Å²) in [7, 11) is 0. The number of benzene rings is 1. The molecule has 0 aliphatic heterocycles. The molecule has 1 aromatic heterocycles. The lowest BCUT2D eigenvalue weighted by Gasteiger charge is -2.01. The van der Waals surface area contributed by atoms with Crippen LogP contribution in [0, 0.1) is 0 Å². The lowest BCUT2D eigenvalue weighted by atomic mass is 10.1. The summed E-state index contributed by atoms with van der Waals surface area (Å²) in [6.45, 7) is 0. The summed E-state index contributed by atoms with van der Waals surface area (Å²) in [5, 5.41) is 18.6. The molecule has 0 saturated heterocycles. The van der Waals surface area contributed by atoms with Gasteiger partial charge in [-0.3, -0.25) is 9.78 Å². The lowest BCUT2D eigenvalue weighted by Crippen LogP contribution is -1.99. The van der Waals surface area contributed by atoms with Gasteiger partial charge in [0.05, 0.1) is 18.1 Å². The van der Waals surface area contributed by atoms with Crippen molar-refractivity contribution in [3.8, 4) is 5.75 Å². The largest absolute Gasteiger partial charge is 0.506 e. The van der Waals surface area contributed by atoms with Crippen LogP contribution >= 0.6 is 0 Å². The van der Waals surface area contributed by atoms with Crippen LogP contribution in [0.25, 0.3) is 10.9 Å². The van der Waals surface area contributed by atoms with Crippen LogP contribution in [-0.2, 0) is 11.2 Å². The number of pyridine rings is 1. The van der Waals surface area contributed by atoms with Gasteiger partial charge in [0.15, 0.2) is 0 Å². The van der Waals surface area contributed by atoms with E-state index in [4.69, 9.17) is 5.11 Å². The van der Waals surface area contributed by atoms with Gasteiger partial charge < -0.3 is 10.2 Å². The van der Waals surface area contributed by atoms with Crippen LogP contribution < -0.4 is 0 Å². The zero-order valence-corrected chi connectivity index (χ0v) is 7.84. The fourth-order valence-electron chi connectivity index (χ4n) is 1.44. The van der Waals surface area contributed by atoms with E-state index in [1.165, 1.54) is 6.20 Å². The molecule has 4 heteroatoms. The van der Waals surface area contributed by atoms with Crippen LogP contribution in [0.5, 0.6) is 5.75 Å². The summed E-state index contributed by atoms with van der Waals surface area (Å²) in [4.78, 5) is 14.5. The third kappa shape index (κ3) is 2.04. The van der Waals surface area contributed by atoms with Gasteiger partial charge in [-0.25, -0.2) is 0 Å². The smallest absolute Gasteiger partial charge is 0.307 e. The Labute approximate surface area is 85.8 Å². The van der Waals surface area contributed by atoms with Crippen molar-refractivity contribution in [2.75, 3.05) is 0 Å². The first kappa shape index (κ1) is 9.45. The summed E-state index contributed by atoms with van der Waals surface area (Å²) in [6, 6.07) is 6.77. The number of nitrogens with zero attached hydrogens (tertiary/aromatic N) is 1. The molecule has 1 heterocycles. The Balaban J connectivity index is 2.47. The number of hydrogen-bond donors (Lipinski definition) is 2. The Morgan fingerprint density at radius 1 is 1.33 bits per heavy atom. The SMILES string of the molecule is O=C(O)Cc1ccc2cc(O)cnc2c1. The van der Waals surface area contributed by atoms with E-state index < -0.39 is 5.97 Å². The highest BCUT2D eigenvalue weighted by molar-refractivity contribution is 5.81. The molecule has 0 bridgehead atoms. The molecule has 2 rings (SSSR count). The number of aliphatic carboxylic acids is 1. The second kappa shape index (κ2) is 3.57. The molecule has 15 heavy (non-hydrogen) atoms. The molecule has 76 valence electrons. The topological polar surface area (TPSA) is 70.4 Å². The molecule has 4 nitrogen and oxygen atoms in total. The van der Waals surface area contributed by atoms with Gasteiger partial charge in [0.1, 0.15) is 5.75 Å². The third-order valence-corrected chi connectivity index (χ3v) is 2.09. The average molecular weight is 203 g/mol. The average Bonchev–Trinajstić information content (AvgIpc) is 2.17. The first-order chi connectivity index (χ1) is 7.15. The van der Waals surface area contributed by atoms with E-state index >= 15 is 0 Å². The maximum Gasteiger partial charge on any atom is 0.307 e. The van der Waals surface area contributed by atoms with E-state index in [0.29, 0.717) is 11.1 Å². The fourth-order valence-corrected chi connectivity index (χ4v) is 1.44. The van der Waals surface area contributed by atoms with E-state index in [-0.39, 0.29) is 12.2 Å². The Kier molecular flexibility index (Phi) is 2.25. The number of carboxylic acid groups (broad SMARTS) is 1. The number of rotatable bonds is 2. The predicted molar refractivity (Wildman–Crippen MR) is 54.7 cm³/mol. The van der Waals surface area contributed by atoms with Gasteiger partial charge in [-0.1, -0.05) is 12.1 Å². The molecule has 0 amide bonds. The van der Waals surface area contributed by atoms with Crippen LogP contribution in [0.15, 0.2) is 30.5 Å². The van der Waals surface area contributed by atoms with E-state index in [1.807, 2.05) is 0 Å². The summed E-state index contributed by atoms with van der Waals surface area (Å²) in [5.74, 6) is -0.762. The summed E-state index contributed by atoms with van der Waals surface area (Å²) >= 11 is 0. The lowest BCUT2D eigenvalue weighted by molar-refractivity contribution is -0.136. The van der Waals surface area contributed by atoms with Crippen molar-refractivity contribution in [1.29, 1.82) is 0 Å². The van der Waals surface area contributed by atoms with Crippen molar-refractivity contribution < 1.29 is 15.0 Å². The zero-order chi connectivity index (χ0) is 10.8. The minimum Gasteiger partial charge on any atom is -0.506 e. The molecule has 0 atom stereocenters. The first-order valence-electron chi connectivity index (χ1n) is 4.44. The molecule has 0 aliphatic rings. The van der Waals surface area contributed by atoms with E-state index in [2.05, 4.69) is 4.98 Å². The molecule has 0 saturated carbocycles. The minimum absolute atomic E-state index is 0.0154. The fraction of sp³-hybridized carbons (Fsp3) is 0.0909. The number of fused-ring (bicyclic) bond motifs is 1. The van der Waals surface area contributed by atoms with Crippen molar-refractivity contribution in [1.82, 2.24) is 4.98 Å². The quantitative estimate of drug-likeness (QED) is 0.777. The van der Waals surface area contributed by atoms with Crippen LogP contribution in [-0.4, -0.2) is 21.2 Å². The third-order valence-electron chi connectivity index (χ3n) is 2.09. The normalized spacial score (nSPS) is 10.4. The highest BCUT2D eigenvalue weighted by Gasteiger charge is 2.02. The van der Waals surface area contributed by atoms with Gasteiger partial charge in [-0.2, -0.15) is 0 Å². The molecule has 0 unspecified atom stereocenters. The van der Waals surface area contributed by atoms with Crippen molar-refractivity contribution in [2.24, 2.45) is 0 Å². The summed E-state index contributed by atoms with van der Waals surface area (Å²) < 4.78 is 0. The highest BCUT2D eigenvalue weighted by atomic mass is 16.4. The number of aromatic nitrogens is 1. The second-order valence-electron chi connectivity index (χ2n) is 3.29. The molecular weight excluding hydrogens is 194 g/mol. The molecule has 0 radical (unpaired) electrons. The van der Waals surface area contributed by atoms with Gasteiger partial charge in [0.2, 0.25) is 0 Å². The van der Waals surface area contributed by atoms with Crippen molar-refractivity contribution in [3.05, 3.63) is 36.0 Å². The molecule has 0 aliphatic carbocycles. The van der Waals surface area contributed by atoms with E-state index in [1.54, 1.807) is 24.3 Å². The number of carboxylic acids is 1. The molecule has 0 spiro atoms. The minimum atomic E-state index is -0.867. The predicted octanol–water partition coefficient (Wildman–Crippen LogP) is 1.57. The Morgan fingerprint density at radius 2 is 2.13 bits per heavy atom. The van der Waals surface area contributed by atoms with Gasteiger partial charge >= 0.3 is 5.97 Å². The van der Waals surface area contributed by atoms with Gasteiger partial charge in [-0.15, -0.1) is 0 Å². The number of aromatic hydroxyl groups is 1. The van der Waals surface area contributed by atoms with Crippen molar-refractivity contribution in [3.63, 3.8) is 0 Å². The van der Waals surface area contributed by atoms with Crippen molar-refractivity contribution in [2.45, 2.75) is 6.42 Å². The Morgan fingerprint density at radius 3 is 2.87 bits per heavy atom. The van der Waals surface area contributed by atoms with Crippen LogP contribution in [0.2, 0.25) is 0 Å². The van der Waals surface area contributed by atoms with Gasteiger partial charge in [-0.05, 0) is 17.7 Å². The summed E-state index contributed by atoms with van der Waals surface area (Å²) in [6.07, 6.45) is 1.32. The summed E-state index contributed by atoms with van der Waals surface area (Å²) in [5.41, 5.74) is 1.39. The van der Waals surface area contributed by atoms with E-state index in [0.717, 1.165) is 5.39 Å².